The number of amides is 1. The number of hydrogen-bond donors (Lipinski definition) is 2. The van der Waals surface area contributed by atoms with E-state index < -0.39 is 20.0 Å². The first-order valence-corrected chi connectivity index (χ1v) is 32.9. The van der Waals surface area contributed by atoms with E-state index in [9.17, 15) is 19.0 Å². The molecule has 0 aliphatic rings. The maximum Gasteiger partial charge on any atom is 0.472 e. The smallest absolute Gasteiger partial charge is 0.456 e. The summed E-state index contributed by atoms with van der Waals surface area (Å²) in [6, 6.07) is -0.870. The second-order valence-electron chi connectivity index (χ2n) is 21.9. The van der Waals surface area contributed by atoms with E-state index in [1.54, 1.807) is 0 Å². The number of hydrogen-bond acceptors (Lipinski definition) is 6. The molecule has 0 aromatic carbocycles. The van der Waals surface area contributed by atoms with Crippen LogP contribution in [-0.2, 0) is 27.9 Å². The van der Waals surface area contributed by atoms with Gasteiger partial charge in [0.15, 0.2) is 0 Å². The summed E-state index contributed by atoms with van der Waals surface area (Å²) in [5.74, 6) is -0.544. The Morgan fingerprint density at radius 3 is 1.37 bits per heavy atom. The van der Waals surface area contributed by atoms with E-state index >= 15 is 0 Å². The lowest BCUT2D eigenvalue weighted by atomic mass is 10.0. The zero-order valence-corrected chi connectivity index (χ0v) is 51.8. The van der Waals surface area contributed by atoms with Crippen LogP contribution in [0.3, 0.4) is 0 Å². The summed E-state index contributed by atoms with van der Waals surface area (Å²) in [5.41, 5.74) is 0. The van der Waals surface area contributed by atoms with E-state index in [1.807, 2.05) is 33.3 Å². The molecule has 3 atom stereocenters. The minimum absolute atomic E-state index is 0.0283. The summed E-state index contributed by atoms with van der Waals surface area (Å²) >= 11 is 0. The molecule has 446 valence electrons. The van der Waals surface area contributed by atoms with Gasteiger partial charge in [-0.15, -0.1) is 0 Å². The molecule has 0 aliphatic heterocycles. The summed E-state index contributed by atoms with van der Waals surface area (Å²) in [5, 5.41) is 3.04. The van der Waals surface area contributed by atoms with E-state index in [4.69, 9.17) is 13.8 Å². The lowest BCUT2D eigenvalue weighted by Gasteiger charge is -2.27. The number of carbonyl (C=O) groups excluding carboxylic acids is 2. The van der Waals surface area contributed by atoms with Gasteiger partial charge >= 0.3 is 13.8 Å². The Morgan fingerprint density at radius 2 is 0.885 bits per heavy atom. The second-order valence-corrected chi connectivity index (χ2v) is 23.3. The maximum atomic E-state index is 13.6. The standard InChI is InChI=1S/C68H117N2O7P/c1-7-10-13-16-19-22-25-28-30-31-32-33-34-35-36-37-38-39-41-42-45-48-51-54-57-60-67(71)69-65(64-76-78(73,74)75-63-62-70(4,5)6)66(59-56-53-50-47-44-27-24-21-18-15-12-9-3)77-68(72)61-58-55-52-49-46-43-40-29-26-23-20-17-14-11-8-2/h10-11,13-14,17,19-20,22-23,26,28,30,32-33,35-36,38-39,56,59,65-66H,7-9,12,15-16,18,21,24-25,27,29,31,34,37,40-55,57-58,60-64H2,1-6H3,(H-,69,71,73,74)/p+1/b13-10-,14-11+,20-17+,22-19-,26-23+,30-28-,33-32-,36-35-,39-38-,59-56-. The molecule has 0 bridgehead atoms. The normalized spacial score (nSPS) is 14.5. The van der Waals surface area contributed by atoms with Crippen LogP contribution in [0.5, 0.6) is 0 Å². The summed E-state index contributed by atoms with van der Waals surface area (Å²) < 4.78 is 30.7. The van der Waals surface area contributed by atoms with Crippen molar-refractivity contribution in [2.75, 3.05) is 40.9 Å². The van der Waals surface area contributed by atoms with Crippen molar-refractivity contribution < 1.29 is 37.3 Å². The average molecular weight is 1110 g/mol. The molecule has 0 radical (unpaired) electrons. The monoisotopic (exact) mass is 1110 g/mol. The Labute approximate surface area is 480 Å². The van der Waals surface area contributed by atoms with Gasteiger partial charge in [0.2, 0.25) is 5.91 Å². The highest BCUT2D eigenvalue weighted by Crippen LogP contribution is 2.43. The number of rotatable bonds is 55. The SMILES string of the molecule is CC/C=C\C/C=C\C/C=C\C/C=C\C/C=C\C/C=C\CCCCCCCCC(=O)NC(COP(=O)(O)OCC[N+](C)(C)C)C(/C=C\CCCCCCCCCCCC)OC(=O)CCCCCCCCC/C=C/C=C/C=C/CC. The Bertz CT molecular complexity index is 1750. The molecule has 2 N–H and O–H groups in total. The molecule has 0 aromatic rings. The molecular weight excluding hydrogens is 988 g/mol. The Hall–Kier alpha value is -3.59. The number of carbonyl (C=O) groups is 2. The molecule has 0 spiro atoms. The zero-order chi connectivity index (χ0) is 57.2. The Morgan fingerprint density at radius 1 is 0.474 bits per heavy atom. The second kappa shape index (κ2) is 56.7. The maximum absolute atomic E-state index is 13.6. The molecule has 0 aliphatic carbocycles. The van der Waals surface area contributed by atoms with Crippen molar-refractivity contribution >= 4 is 19.7 Å². The number of unbranched alkanes of at least 4 members (excludes halogenated alkanes) is 23. The fourth-order valence-electron chi connectivity index (χ4n) is 8.41. The van der Waals surface area contributed by atoms with E-state index in [-0.39, 0.29) is 31.5 Å². The Balaban J connectivity index is 5.24. The fraction of sp³-hybridized carbons (Fsp3) is 0.676. The highest BCUT2D eigenvalue weighted by atomic mass is 31.2. The van der Waals surface area contributed by atoms with Gasteiger partial charge in [-0.25, -0.2) is 4.57 Å². The number of nitrogens with zero attached hydrogens (tertiary/aromatic N) is 1. The molecule has 0 saturated carbocycles. The van der Waals surface area contributed by atoms with E-state index in [2.05, 4.69) is 135 Å². The van der Waals surface area contributed by atoms with Gasteiger partial charge < -0.3 is 19.4 Å². The van der Waals surface area contributed by atoms with Crippen molar-refractivity contribution in [3.63, 3.8) is 0 Å². The highest BCUT2D eigenvalue weighted by molar-refractivity contribution is 7.47. The number of nitrogens with one attached hydrogen (secondary N) is 1. The Kier molecular flexibility index (Phi) is 54.1. The third-order valence-electron chi connectivity index (χ3n) is 13.2. The number of phosphoric acid groups is 1. The van der Waals surface area contributed by atoms with Crippen LogP contribution < -0.4 is 5.32 Å². The summed E-state index contributed by atoms with van der Waals surface area (Å²) in [4.78, 5) is 37.7. The first kappa shape index (κ1) is 74.4. The minimum Gasteiger partial charge on any atom is -0.456 e. The lowest BCUT2D eigenvalue weighted by Crippen LogP contribution is -2.47. The average Bonchev–Trinajstić information content (AvgIpc) is 3.40. The van der Waals surface area contributed by atoms with Crippen LogP contribution in [0, 0.1) is 0 Å². The molecule has 0 aromatic heterocycles. The predicted molar refractivity (Wildman–Crippen MR) is 336 cm³/mol. The number of likely N-dealkylation sites (N-methyl/N-ethyl adjacent to an activating group) is 1. The topological polar surface area (TPSA) is 111 Å². The van der Waals surface area contributed by atoms with Crippen molar-refractivity contribution in [2.45, 2.75) is 258 Å². The van der Waals surface area contributed by atoms with Gasteiger partial charge in [0.05, 0.1) is 33.8 Å². The number of esters is 1. The first-order chi connectivity index (χ1) is 37.9. The van der Waals surface area contributed by atoms with E-state index in [1.165, 1.54) is 70.6 Å². The summed E-state index contributed by atoms with van der Waals surface area (Å²) in [7, 11) is 1.46. The van der Waals surface area contributed by atoms with Gasteiger partial charge in [0.1, 0.15) is 19.3 Å². The molecular formula is C68H118N2O7P+. The van der Waals surface area contributed by atoms with Crippen LogP contribution in [0.2, 0.25) is 0 Å². The van der Waals surface area contributed by atoms with Crippen molar-refractivity contribution in [3.8, 4) is 0 Å². The largest absolute Gasteiger partial charge is 0.472 e. The van der Waals surface area contributed by atoms with Crippen molar-refractivity contribution in [2.24, 2.45) is 0 Å². The molecule has 0 fully saturated rings. The minimum atomic E-state index is -4.46. The predicted octanol–water partition coefficient (Wildman–Crippen LogP) is 19.5. The van der Waals surface area contributed by atoms with E-state index in [0.29, 0.717) is 17.4 Å². The molecule has 0 heterocycles. The highest BCUT2D eigenvalue weighted by Gasteiger charge is 2.30. The van der Waals surface area contributed by atoms with Gasteiger partial charge in [0.25, 0.3) is 0 Å². The first-order valence-electron chi connectivity index (χ1n) is 31.4. The van der Waals surface area contributed by atoms with Crippen molar-refractivity contribution in [1.29, 1.82) is 0 Å². The van der Waals surface area contributed by atoms with Crippen LogP contribution >= 0.6 is 7.82 Å². The number of phosphoric ester groups is 1. The van der Waals surface area contributed by atoms with Crippen LogP contribution in [0.1, 0.15) is 245 Å². The molecule has 0 saturated heterocycles. The number of allylic oxidation sites excluding steroid dienone is 19. The van der Waals surface area contributed by atoms with Crippen LogP contribution in [0.15, 0.2) is 122 Å². The zero-order valence-electron chi connectivity index (χ0n) is 50.9. The third kappa shape index (κ3) is 57.1. The van der Waals surface area contributed by atoms with Gasteiger partial charge in [0, 0.05) is 12.8 Å². The molecule has 10 heteroatoms. The van der Waals surface area contributed by atoms with Crippen LogP contribution in [0.25, 0.3) is 0 Å². The summed E-state index contributed by atoms with van der Waals surface area (Å²) in [6.07, 6.45) is 79.1. The van der Waals surface area contributed by atoms with Gasteiger partial charge in [-0.3, -0.25) is 18.6 Å². The molecule has 3 unspecified atom stereocenters. The lowest BCUT2D eigenvalue weighted by molar-refractivity contribution is -0.870. The van der Waals surface area contributed by atoms with Gasteiger partial charge in [-0.2, -0.15) is 0 Å². The molecule has 1 amide bonds. The van der Waals surface area contributed by atoms with Crippen molar-refractivity contribution in [1.82, 2.24) is 5.32 Å². The molecule has 78 heavy (non-hydrogen) atoms. The number of quaternary nitrogens is 1. The van der Waals surface area contributed by atoms with Crippen LogP contribution in [0.4, 0.5) is 0 Å². The fourth-order valence-corrected chi connectivity index (χ4v) is 9.15. The van der Waals surface area contributed by atoms with Gasteiger partial charge in [-0.05, 0) is 102 Å². The third-order valence-corrected chi connectivity index (χ3v) is 14.2. The molecule has 9 nitrogen and oxygen atoms in total. The van der Waals surface area contributed by atoms with E-state index in [0.717, 1.165) is 141 Å². The quantitative estimate of drug-likeness (QED) is 0.0156. The van der Waals surface area contributed by atoms with Crippen molar-refractivity contribution in [3.05, 3.63) is 122 Å². The molecule has 0 rings (SSSR count). The summed E-state index contributed by atoms with van der Waals surface area (Å²) in [6.45, 7) is 6.73. The number of ether oxygens (including phenoxy) is 1. The van der Waals surface area contributed by atoms with Crippen LogP contribution in [-0.4, -0.2) is 74.3 Å². The van der Waals surface area contributed by atoms with Gasteiger partial charge in [-0.1, -0.05) is 252 Å².